The zero-order chi connectivity index (χ0) is 16.4. The van der Waals surface area contributed by atoms with E-state index in [-0.39, 0.29) is 24.2 Å². The lowest BCUT2D eigenvalue weighted by molar-refractivity contribution is 0.0520. The molecule has 0 aliphatic carbocycles. The molecular formula is C13H14BrN5O4. The summed E-state index contributed by atoms with van der Waals surface area (Å²) in [6.45, 7) is 3.39. The Kier molecular flexibility index (Phi) is 4.44. The molecular weight excluding hydrogens is 370 g/mol. The monoisotopic (exact) mass is 383 g/mol. The van der Waals surface area contributed by atoms with E-state index in [9.17, 15) is 9.59 Å². The van der Waals surface area contributed by atoms with Gasteiger partial charge in [-0.25, -0.2) is 14.8 Å². The normalized spacial score (nSPS) is 13.5. The summed E-state index contributed by atoms with van der Waals surface area (Å²) in [5.74, 6) is -0.0738. The molecule has 2 aromatic rings. The number of nitrogens with one attached hydrogen (secondary N) is 2. The van der Waals surface area contributed by atoms with E-state index in [0.29, 0.717) is 35.9 Å². The first kappa shape index (κ1) is 15.7. The van der Waals surface area contributed by atoms with Crippen molar-refractivity contribution < 1.29 is 19.1 Å². The summed E-state index contributed by atoms with van der Waals surface area (Å²) in [7, 11) is 0. The van der Waals surface area contributed by atoms with Gasteiger partial charge in [-0.3, -0.25) is 10.1 Å². The van der Waals surface area contributed by atoms with Gasteiger partial charge in [-0.15, -0.1) is 0 Å². The molecule has 1 aliphatic rings. The van der Waals surface area contributed by atoms with Gasteiger partial charge in [0.1, 0.15) is 28.4 Å². The molecule has 9 nitrogen and oxygen atoms in total. The highest BCUT2D eigenvalue weighted by molar-refractivity contribution is 9.10. The van der Waals surface area contributed by atoms with Gasteiger partial charge in [0.2, 0.25) is 5.95 Å². The molecule has 1 amide bonds. The standard InChI is InChI=1S/C13H14BrN5O4/c1-2-23-12(21)7-5-15-13(16-7)18-11(20)9-10(14)17-8-6-22-4-3-19(8)9/h5H,2-4,6H2,1H3,(H2,15,16,18,20). The fourth-order valence-electron chi connectivity index (χ4n) is 2.22. The molecule has 2 N–H and O–H groups in total. The Labute approximate surface area is 139 Å². The predicted octanol–water partition coefficient (Wildman–Crippen LogP) is 1.33. The van der Waals surface area contributed by atoms with Crippen molar-refractivity contribution >= 4 is 33.8 Å². The summed E-state index contributed by atoms with van der Waals surface area (Å²) in [4.78, 5) is 34.9. The molecule has 3 heterocycles. The Balaban J connectivity index is 1.78. The van der Waals surface area contributed by atoms with E-state index in [2.05, 4.69) is 36.2 Å². The van der Waals surface area contributed by atoms with E-state index in [0.717, 1.165) is 0 Å². The third-order valence-electron chi connectivity index (χ3n) is 3.21. The van der Waals surface area contributed by atoms with Crippen LogP contribution in [0.1, 0.15) is 33.7 Å². The molecule has 0 bridgehead atoms. The molecule has 0 aromatic carbocycles. The van der Waals surface area contributed by atoms with Gasteiger partial charge in [-0.2, -0.15) is 0 Å². The number of H-pyrrole nitrogens is 1. The van der Waals surface area contributed by atoms with Crippen LogP contribution in [0.2, 0.25) is 0 Å². The highest BCUT2D eigenvalue weighted by Crippen LogP contribution is 2.22. The number of carbonyl (C=O) groups excluding carboxylic acids is 2. The number of carbonyl (C=O) groups is 2. The minimum absolute atomic E-state index is 0.160. The van der Waals surface area contributed by atoms with Gasteiger partial charge < -0.3 is 19.0 Å². The number of halogens is 1. The number of amides is 1. The summed E-state index contributed by atoms with van der Waals surface area (Å²) in [6, 6.07) is 0. The second kappa shape index (κ2) is 6.50. The Morgan fingerprint density at radius 2 is 2.39 bits per heavy atom. The number of hydrogen-bond donors (Lipinski definition) is 2. The zero-order valence-electron chi connectivity index (χ0n) is 12.3. The third-order valence-corrected chi connectivity index (χ3v) is 3.77. The van der Waals surface area contributed by atoms with Crippen molar-refractivity contribution in [2.24, 2.45) is 0 Å². The molecule has 2 aromatic heterocycles. The van der Waals surface area contributed by atoms with Crippen molar-refractivity contribution in [2.75, 3.05) is 18.5 Å². The molecule has 3 rings (SSSR count). The number of aromatic amines is 1. The fourth-order valence-corrected chi connectivity index (χ4v) is 2.82. The molecule has 0 unspecified atom stereocenters. The number of fused-ring (bicyclic) bond motifs is 1. The smallest absolute Gasteiger partial charge is 0.356 e. The van der Waals surface area contributed by atoms with Gasteiger partial charge >= 0.3 is 5.97 Å². The SMILES string of the molecule is CCOC(=O)c1cnc(NC(=O)c2c(Br)nc3n2CCOC3)[nH]1. The molecule has 0 atom stereocenters. The Bertz CT molecular complexity index is 754. The molecule has 0 radical (unpaired) electrons. The lowest BCUT2D eigenvalue weighted by atomic mass is 10.4. The summed E-state index contributed by atoms with van der Waals surface area (Å²) in [6.07, 6.45) is 1.31. The highest BCUT2D eigenvalue weighted by atomic mass is 79.9. The molecule has 0 spiro atoms. The average Bonchev–Trinajstić information content (AvgIpc) is 3.10. The Morgan fingerprint density at radius 1 is 1.57 bits per heavy atom. The fraction of sp³-hybridized carbons (Fsp3) is 0.385. The lowest BCUT2D eigenvalue weighted by Gasteiger charge is -2.16. The van der Waals surface area contributed by atoms with Crippen molar-refractivity contribution in [1.82, 2.24) is 19.5 Å². The van der Waals surface area contributed by atoms with Crippen LogP contribution in [0.3, 0.4) is 0 Å². The quantitative estimate of drug-likeness (QED) is 0.770. The number of ether oxygens (including phenoxy) is 2. The largest absolute Gasteiger partial charge is 0.461 e. The van der Waals surface area contributed by atoms with E-state index in [1.54, 1.807) is 11.5 Å². The van der Waals surface area contributed by atoms with Crippen LogP contribution in [0, 0.1) is 0 Å². The lowest BCUT2D eigenvalue weighted by Crippen LogP contribution is -2.24. The number of rotatable bonds is 4. The van der Waals surface area contributed by atoms with E-state index in [1.165, 1.54) is 6.20 Å². The zero-order valence-corrected chi connectivity index (χ0v) is 13.8. The number of aromatic nitrogens is 4. The molecule has 0 saturated carbocycles. The van der Waals surface area contributed by atoms with Crippen molar-refractivity contribution in [3.8, 4) is 0 Å². The first-order valence-electron chi connectivity index (χ1n) is 6.96. The van der Waals surface area contributed by atoms with Gasteiger partial charge in [-0.1, -0.05) is 0 Å². The van der Waals surface area contributed by atoms with Crippen LogP contribution in [0.5, 0.6) is 0 Å². The number of esters is 1. The van der Waals surface area contributed by atoms with Crippen molar-refractivity contribution in [1.29, 1.82) is 0 Å². The highest BCUT2D eigenvalue weighted by Gasteiger charge is 2.24. The first-order valence-corrected chi connectivity index (χ1v) is 7.75. The van der Waals surface area contributed by atoms with E-state index >= 15 is 0 Å². The van der Waals surface area contributed by atoms with Crippen LogP contribution in [0.25, 0.3) is 0 Å². The van der Waals surface area contributed by atoms with E-state index < -0.39 is 5.97 Å². The van der Waals surface area contributed by atoms with E-state index in [1.807, 2.05) is 0 Å². The number of anilines is 1. The second-order valence-electron chi connectivity index (χ2n) is 4.69. The van der Waals surface area contributed by atoms with Gasteiger partial charge in [-0.05, 0) is 22.9 Å². The van der Waals surface area contributed by atoms with Crippen LogP contribution in [0.15, 0.2) is 10.8 Å². The average molecular weight is 384 g/mol. The van der Waals surface area contributed by atoms with Crippen molar-refractivity contribution in [2.45, 2.75) is 20.1 Å². The maximum atomic E-state index is 12.5. The van der Waals surface area contributed by atoms with Gasteiger partial charge in [0.25, 0.3) is 5.91 Å². The third kappa shape index (κ3) is 3.13. The minimum Gasteiger partial charge on any atom is -0.461 e. The maximum absolute atomic E-state index is 12.5. The molecule has 0 fully saturated rings. The second-order valence-corrected chi connectivity index (χ2v) is 5.44. The van der Waals surface area contributed by atoms with Gasteiger partial charge in [0.05, 0.1) is 19.4 Å². The summed E-state index contributed by atoms with van der Waals surface area (Å²) in [5.41, 5.74) is 0.558. The predicted molar refractivity (Wildman–Crippen MR) is 82.1 cm³/mol. The van der Waals surface area contributed by atoms with Crippen LogP contribution < -0.4 is 5.32 Å². The van der Waals surface area contributed by atoms with Gasteiger partial charge in [0, 0.05) is 6.54 Å². The summed E-state index contributed by atoms with van der Waals surface area (Å²) >= 11 is 3.29. The maximum Gasteiger partial charge on any atom is 0.356 e. The van der Waals surface area contributed by atoms with Crippen LogP contribution in [-0.2, 0) is 22.6 Å². The van der Waals surface area contributed by atoms with E-state index in [4.69, 9.17) is 9.47 Å². The van der Waals surface area contributed by atoms with Crippen LogP contribution in [0.4, 0.5) is 5.95 Å². The summed E-state index contributed by atoms with van der Waals surface area (Å²) < 4.78 is 12.4. The molecule has 122 valence electrons. The molecule has 1 aliphatic heterocycles. The number of hydrogen-bond acceptors (Lipinski definition) is 6. The Morgan fingerprint density at radius 3 is 3.17 bits per heavy atom. The van der Waals surface area contributed by atoms with Crippen LogP contribution in [-0.4, -0.2) is 44.6 Å². The topological polar surface area (TPSA) is 111 Å². The number of imidazole rings is 2. The number of nitrogens with zero attached hydrogens (tertiary/aromatic N) is 3. The molecule has 10 heteroatoms. The minimum atomic E-state index is -0.527. The van der Waals surface area contributed by atoms with Gasteiger partial charge in [0.15, 0.2) is 0 Å². The summed E-state index contributed by atoms with van der Waals surface area (Å²) in [5, 5.41) is 2.61. The molecule has 0 saturated heterocycles. The Hall–Kier alpha value is -2.20. The van der Waals surface area contributed by atoms with Crippen LogP contribution >= 0.6 is 15.9 Å². The van der Waals surface area contributed by atoms with Crippen molar-refractivity contribution in [3.63, 3.8) is 0 Å². The molecule has 23 heavy (non-hydrogen) atoms. The first-order chi connectivity index (χ1) is 11.1. The van der Waals surface area contributed by atoms with Crippen molar-refractivity contribution in [3.05, 3.63) is 28.0 Å².